The van der Waals surface area contributed by atoms with Gasteiger partial charge in [0, 0.05) is 31.2 Å². The third-order valence-electron chi connectivity index (χ3n) is 7.73. The van der Waals surface area contributed by atoms with Crippen LogP contribution in [0.4, 0.5) is 0 Å². The fraction of sp³-hybridized carbons (Fsp3) is 1.00. The van der Waals surface area contributed by atoms with Crippen molar-refractivity contribution in [1.29, 1.82) is 0 Å². The van der Waals surface area contributed by atoms with Crippen LogP contribution in [0.25, 0.3) is 0 Å². The Morgan fingerprint density at radius 2 is 1.06 bits per heavy atom. The summed E-state index contributed by atoms with van der Waals surface area (Å²) in [6, 6.07) is 0. The Bertz CT molecular complexity index is 410. The molecule has 0 atom stereocenters. The van der Waals surface area contributed by atoms with Crippen LogP contribution >= 0.6 is 21.6 Å². The fourth-order valence-electron chi connectivity index (χ4n) is 5.37. The van der Waals surface area contributed by atoms with Crippen molar-refractivity contribution in [1.82, 2.24) is 9.80 Å². The van der Waals surface area contributed by atoms with E-state index >= 15 is 0 Å². The lowest BCUT2D eigenvalue weighted by atomic mass is 9.91. The molecule has 0 amide bonds. The average Bonchev–Trinajstić information content (AvgIpc) is 2.82. The van der Waals surface area contributed by atoms with E-state index in [4.69, 9.17) is 5.11 Å². The highest BCUT2D eigenvalue weighted by Crippen LogP contribution is 2.26. The zero-order valence-electron chi connectivity index (χ0n) is 21.3. The largest absolute Gasteiger partial charge is 0.396 e. The summed E-state index contributed by atoms with van der Waals surface area (Å²) in [5, 5.41) is 9.08. The Balaban J connectivity index is 1.33. The number of likely N-dealkylation sites (tertiary alicyclic amines) is 2. The van der Waals surface area contributed by atoms with Crippen molar-refractivity contribution in [3.05, 3.63) is 0 Å². The van der Waals surface area contributed by atoms with Crippen molar-refractivity contribution in [2.45, 2.75) is 103 Å². The second-order valence-corrected chi connectivity index (χ2v) is 13.0. The molecule has 0 bridgehead atoms. The molecule has 0 aromatic rings. The number of nitrogens with zero attached hydrogens (tertiary/aromatic N) is 2. The quantitative estimate of drug-likeness (QED) is 0.155. The van der Waals surface area contributed by atoms with Crippen LogP contribution in [0.15, 0.2) is 0 Å². The molecule has 0 radical (unpaired) electrons. The lowest BCUT2D eigenvalue weighted by Crippen LogP contribution is -2.35. The minimum Gasteiger partial charge on any atom is -0.396 e. The molecule has 2 aliphatic heterocycles. The van der Waals surface area contributed by atoms with Gasteiger partial charge in [-0.05, 0) is 70.1 Å². The Labute approximate surface area is 208 Å². The van der Waals surface area contributed by atoms with Crippen molar-refractivity contribution < 1.29 is 5.11 Å². The van der Waals surface area contributed by atoms with Crippen molar-refractivity contribution in [2.24, 2.45) is 11.8 Å². The zero-order chi connectivity index (χ0) is 22.7. The molecule has 0 unspecified atom stereocenters. The van der Waals surface area contributed by atoms with Gasteiger partial charge in [0.1, 0.15) is 0 Å². The third-order valence-corrected chi connectivity index (χ3v) is 10.1. The molecule has 1 N–H and O–H groups in total. The molecule has 0 aromatic heterocycles. The predicted octanol–water partition coefficient (Wildman–Crippen LogP) is 7.10. The molecule has 0 saturated carbocycles. The van der Waals surface area contributed by atoms with E-state index in [9.17, 15) is 0 Å². The highest BCUT2D eigenvalue weighted by Gasteiger charge is 2.19. The average molecular weight is 487 g/mol. The number of hydrogen-bond acceptors (Lipinski definition) is 5. The maximum Gasteiger partial charge on any atom is 0.0433 e. The van der Waals surface area contributed by atoms with E-state index < -0.39 is 0 Å². The highest BCUT2D eigenvalue weighted by molar-refractivity contribution is 8.76. The van der Waals surface area contributed by atoms with Crippen molar-refractivity contribution >= 4 is 21.6 Å². The van der Waals surface area contributed by atoms with Crippen molar-refractivity contribution in [3.63, 3.8) is 0 Å². The van der Waals surface area contributed by atoms with Crippen LogP contribution in [0, 0.1) is 11.8 Å². The molecular weight excluding hydrogens is 432 g/mol. The fourth-order valence-corrected chi connectivity index (χ4v) is 7.43. The summed E-state index contributed by atoms with van der Waals surface area (Å²) in [6.07, 6.45) is 21.1. The summed E-state index contributed by atoms with van der Waals surface area (Å²) in [6.45, 7) is 10.4. The van der Waals surface area contributed by atoms with Crippen LogP contribution in [-0.4, -0.2) is 72.3 Å². The molecule has 3 nitrogen and oxygen atoms in total. The molecular formula is C27H54N2OS2. The van der Waals surface area contributed by atoms with E-state index in [1.54, 1.807) is 0 Å². The topological polar surface area (TPSA) is 26.7 Å². The van der Waals surface area contributed by atoms with E-state index in [1.807, 2.05) is 0 Å². The van der Waals surface area contributed by atoms with Crippen molar-refractivity contribution in [2.75, 3.05) is 57.4 Å². The number of aliphatic hydroxyl groups is 1. The van der Waals surface area contributed by atoms with E-state index in [0.29, 0.717) is 6.61 Å². The molecule has 2 heterocycles. The van der Waals surface area contributed by atoms with Crippen molar-refractivity contribution in [3.8, 4) is 0 Å². The van der Waals surface area contributed by atoms with Crippen LogP contribution in [0.3, 0.4) is 0 Å². The van der Waals surface area contributed by atoms with E-state index in [1.165, 1.54) is 141 Å². The molecule has 190 valence electrons. The van der Waals surface area contributed by atoms with Gasteiger partial charge < -0.3 is 14.9 Å². The number of unbranched alkanes of at least 4 members (excludes halogenated alkanes) is 8. The molecule has 5 heteroatoms. The molecule has 0 aliphatic carbocycles. The summed E-state index contributed by atoms with van der Waals surface area (Å²) in [4.78, 5) is 5.34. The summed E-state index contributed by atoms with van der Waals surface area (Å²) < 4.78 is 0. The van der Waals surface area contributed by atoms with Crippen LogP contribution < -0.4 is 0 Å². The standard InChI is InChI=1S/C27H54N2OS2/c1-2-3-4-5-6-7-8-9-10-11-26-12-17-28(18-13-26)21-24-31-32-25-22-29-19-14-27(15-20-29)16-23-30/h26-27,30H,2-25H2,1H3. The monoisotopic (exact) mass is 486 g/mol. The van der Waals surface area contributed by atoms with E-state index in [0.717, 1.165) is 18.3 Å². The van der Waals surface area contributed by atoms with Gasteiger partial charge >= 0.3 is 0 Å². The second-order valence-electron chi connectivity index (χ2n) is 10.3. The van der Waals surface area contributed by atoms with Gasteiger partial charge in [0.2, 0.25) is 0 Å². The molecule has 2 aliphatic rings. The Hall–Kier alpha value is 0.580. The van der Waals surface area contributed by atoms with Gasteiger partial charge in [0.25, 0.3) is 0 Å². The van der Waals surface area contributed by atoms with E-state index in [2.05, 4.69) is 38.3 Å². The Kier molecular flexibility index (Phi) is 17.9. The minimum absolute atomic E-state index is 0.369. The first-order valence-electron chi connectivity index (χ1n) is 14.1. The third kappa shape index (κ3) is 14.1. The number of rotatable bonds is 19. The molecule has 32 heavy (non-hydrogen) atoms. The molecule has 2 fully saturated rings. The summed E-state index contributed by atoms with van der Waals surface area (Å²) >= 11 is 0. The van der Waals surface area contributed by atoms with Crippen LogP contribution in [0.5, 0.6) is 0 Å². The second kappa shape index (κ2) is 19.8. The molecule has 0 spiro atoms. The first-order valence-corrected chi connectivity index (χ1v) is 16.6. The van der Waals surface area contributed by atoms with Gasteiger partial charge in [-0.15, -0.1) is 0 Å². The van der Waals surface area contributed by atoms with Gasteiger partial charge in [-0.3, -0.25) is 0 Å². The Morgan fingerprint density at radius 1 is 0.625 bits per heavy atom. The van der Waals surface area contributed by atoms with Crippen LogP contribution in [0.1, 0.15) is 103 Å². The Morgan fingerprint density at radius 3 is 1.53 bits per heavy atom. The number of aliphatic hydroxyl groups excluding tert-OH is 1. The highest BCUT2D eigenvalue weighted by atomic mass is 33.1. The number of piperidine rings is 2. The smallest absolute Gasteiger partial charge is 0.0433 e. The van der Waals surface area contributed by atoms with Crippen LogP contribution in [0.2, 0.25) is 0 Å². The number of hydrogen-bond donors (Lipinski definition) is 1. The lowest BCUT2D eigenvalue weighted by Gasteiger charge is -2.32. The maximum atomic E-state index is 9.08. The zero-order valence-corrected chi connectivity index (χ0v) is 22.9. The predicted molar refractivity (Wildman–Crippen MR) is 147 cm³/mol. The SMILES string of the molecule is CCCCCCCCCCCC1CCN(CCSSCCN2CCC(CCO)CC2)CC1. The van der Waals surface area contributed by atoms with Gasteiger partial charge in [-0.25, -0.2) is 0 Å². The first kappa shape index (κ1) is 28.8. The van der Waals surface area contributed by atoms with Gasteiger partial charge in [-0.1, -0.05) is 92.7 Å². The lowest BCUT2D eigenvalue weighted by molar-refractivity contribution is 0.165. The normalized spacial score (nSPS) is 19.7. The van der Waals surface area contributed by atoms with Gasteiger partial charge in [-0.2, -0.15) is 0 Å². The maximum absolute atomic E-state index is 9.08. The molecule has 2 rings (SSSR count). The van der Waals surface area contributed by atoms with E-state index in [-0.39, 0.29) is 0 Å². The van der Waals surface area contributed by atoms with Crippen LogP contribution in [-0.2, 0) is 0 Å². The van der Waals surface area contributed by atoms with Gasteiger partial charge in [0.05, 0.1) is 0 Å². The first-order chi connectivity index (χ1) is 15.8. The minimum atomic E-state index is 0.369. The summed E-state index contributed by atoms with van der Waals surface area (Å²) in [5.41, 5.74) is 0. The molecule has 2 saturated heterocycles. The molecule has 0 aromatic carbocycles. The van der Waals surface area contributed by atoms with Gasteiger partial charge in [0.15, 0.2) is 0 Å². The summed E-state index contributed by atoms with van der Waals surface area (Å²) in [5.74, 6) is 4.33. The summed E-state index contributed by atoms with van der Waals surface area (Å²) in [7, 11) is 4.17.